The number of benzene rings is 2. The van der Waals surface area contributed by atoms with Gasteiger partial charge in [0, 0.05) is 17.7 Å². The molecular weight excluding hydrogens is 306 g/mol. The molecular formula is C19H21NO4. The maximum Gasteiger partial charge on any atom is 0.228 e. The Bertz CT molecular complexity index is 708. The van der Waals surface area contributed by atoms with Crippen molar-refractivity contribution < 1.29 is 19.0 Å². The molecule has 0 heterocycles. The molecule has 2 aromatic carbocycles. The molecule has 0 aliphatic rings. The van der Waals surface area contributed by atoms with Crippen LogP contribution in [0.3, 0.4) is 0 Å². The maximum absolute atomic E-state index is 12.0. The average molecular weight is 327 g/mol. The van der Waals surface area contributed by atoms with Crippen molar-refractivity contribution >= 4 is 17.7 Å². The van der Waals surface area contributed by atoms with Crippen molar-refractivity contribution in [3.05, 3.63) is 54.1 Å². The van der Waals surface area contributed by atoms with Crippen LogP contribution < -0.4 is 19.5 Å². The number of nitrogens with one attached hydrogen (secondary N) is 1. The van der Waals surface area contributed by atoms with Crippen LogP contribution in [-0.2, 0) is 4.79 Å². The van der Waals surface area contributed by atoms with E-state index in [1.807, 2.05) is 24.3 Å². The largest absolute Gasteiger partial charge is 0.497 e. The third-order valence-corrected chi connectivity index (χ3v) is 3.41. The van der Waals surface area contributed by atoms with Gasteiger partial charge in [0.1, 0.15) is 17.2 Å². The van der Waals surface area contributed by atoms with Crippen molar-refractivity contribution in [1.82, 2.24) is 0 Å². The minimum atomic E-state index is -0.0988. The Kier molecular flexibility index (Phi) is 6.25. The van der Waals surface area contributed by atoms with E-state index in [4.69, 9.17) is 14.2 Å². The van der Waals surface area contributed by atoms with E-state index in [2.05, 4.69) is 5.32 Å². The highest BCUT2D eigenvalue weighted by Crippen LogP contribution is 2.25. The molecule has 0 saturated carbocycles. The van der Waals surface area contributed by atoms with Gasteiger partial charge in [0.2, 0.25) is 5.91 Å². The van der Waals surface area contributed by atoms with Crippen LogP contribution in [0.5, 0.6) is 17.2 Å². The fourth-order valence-electron chi connectivity index (χ4n) is 2.15. The van der Waals surface area contributed by atoms with Gasteiger partial charge in [-0.05, 0) is 42.5 Å². The van der Waals surface area contributed by atoms with Gasteiger partial charge in [0.15, 0.2) is 0 Å². The maximum atomic E-state index is 12.0. The summed E-state index contributed by atoms with van der Waals surface area (Å²) in [5.74, 6) is 2.11. The fourth-order valence-corrected chi connectivity index (χ4v) is 2.15. The smallest absolute Gasteiger partial charge is 0.228 e. The van der Waals surface area contributed by atoms with Crippen molar-refractivity contribution in [2.75, 3.05) is 26.6 Å². The van der Waals surface area contributed by atoms with E-state index in [9.17, 15) is 4.79 Å². The number of methoxy groups -OCH3 is 3. The predicted octanol–water partition coefficient (Wildman–Crippen LogP) is 3.75. The Labute approximate surface area is 141 Å². The van der Waals surface area contributed by atoms with Crippen LogP contribution >= 0.6 is 0 Å². The zero-order chi connectivity index (χ0) is 17.4. The van der Waals surface area contributed by atoms with Crippen molar-refractivity contribution in [1.29, 1.82) is 0 Å². The van der Waals surface area contributed by atoms with Crippen molar-refractivity contribution in [3.8, 4) is 17.2 Å². The second kappa shape index (κ2) is 8.62. The third-order valence-electron chi connectivity index (χ3n) is 3.41. The standard InChI is InChI=1S/C19H21NO4/c1-22-16-9-7-15(8-10-16)20-19(21)6-4-5-14-13-17(23-2)11-12-18(14)24-3/h4-5,7-13H,6H2,1-3H3,(H,20,21)/b5-4+. The van der Waals surface area contributed by atoms with Gasteiger partial charge in [0.25, 0.3) is 0 Å². The normalized spacial score (nSPS) is 10.5. The summed E-state index contributed by atoms with van der Waals surface area (Å²) in [4.78, 5) is 12.0. The fraction of sp³-hybridized carbons (Fsp3) is 0.211. The van der Waals surface area contributed by atoms with E-state index in [1.54, 1.807) is 51.7 Å². The molecule has 0 bridgehead atoms. The summed E-state index contributed by atoms with van der Waals surface area (Å²) in [6.07, 6.45) is 3.89. The Morgan fingerprint density at radius 1 is 0.958 bits per heavy atom. The first-order chi connectivity index (χ1) is 11.7. The molecule has 0 saturated heterocycles. The summed E-state index contributed by atoms with van der Waals surface area (Å²) in [5.41, 5.74) is 1.59. The average Bonchev–Trinajstić information content (AvgIpc) is 2.62. The molecule has 0 aliphatic carbocycles. The van der Waals surface area contributed by atoms with Gasteiger partial charge in [-0.3, -0.25) is 4.79 Å². The molecule has 24 heavy (non-hydrogen) atoms. The number of carbonyl (C=O) groups is 1. The predicted molar refractivity (Wildman–Crippen MR) is 94.8 cm³/mol. The molecule has 1 N–H and O–H groups in total. The summed E-state index contributed by atoms with van der Waals surface area (Å²) in [7, 11) is 4.82. The molecule has 2 aromatic rings. The second-order valence-electron chi connectivity index (χ2n) is 4.99. The van der Waals surface area contributed by atoms with Crippen LogP contribution in [0.2, 0.25) is 0 Å². The highest BCUT2D eigenvalue weighted by Gasteiger charge is 2.03. The number of amides is 1. The van der Waals surface area contributed by atoms with Crippen LogP contribution in [0.1, 0.15) is 12.0 Å². The van der Waals surface area contributed by atoms with Gasteiger partial charge in [-0.15, -0.1) is 0 Å². The number of anilines is 1. The molecule has 0 spiro atoms. The van der Waals surface area contributed by atoms with Gasteiger partial charge in [-0.25, -0.2) is 0 Å². The number of hydrogen-bond acceptors (Lipinski definition) is 4. The molecule has 0 unspecified atom stereocenters. The van der Waals surface area contributed by atoms with Gasteiger partial charge in [-0.2, -0.15) is 0 Å². The van der Waals surface area contributed by atoms with Gasteiger partial charge in [0.05, 0.1) is 21.3 Å². The highest BCUT2D eigenvalue weighted by atomic mass is 16.5. The third kappa shape index (κ3) is 4.78. The second-order valence-corrected chi connectivity index (χ2v) is 4.99. The molecule has 0 fully saturated rings. The Morgan fingerprint density at radius 3 is 2.25 bits per heavy atom. The first-order valence-corrected chi connectivity index (χ1v) is 7.48. The monoisotopic (exact) mass is 327 g/mol. The number of hydrogen-bond donors (Lipinski definition) is 1. The minimum Gasteiger partial charge on any atom is -0.497 e. The van der Waals surface area contributed by atoms with Crippen LogP contribution in [0.4, 0.5) is 5.69 Å². The van der Waals surface area contributed by atoms with E-state index in [0.717, 1.165) is 28.5 Å². The van der Waals surface area contributed by atoms with E-state index < -0.39 is 0 Å². The van der Waals surface area contributed by atoms with Crippen molar-refractivity contribution in [2.45, 2.75) is 6.42 Å². The van der Waals surface area contributed by atoms with Crippen molar-refractivity contribution in [2.24, 2.45) is 0 Å². The number of ether oxygens (including phenoxy) is 3. The molecule has 1 amide bonds. The van der Waals surface area contributed by atoms with E-state index in [0.29, 0.717) is 0 Å². The van der Waals surface area contributed by atoms with Crippen LogP contribution in [0, 0.1) is 0 Å². The zero-order valence-electron chi connectivity index (χ0n) is 14.0. The van der Waals surface area contributed by atoms with Gasteiger partial charge >= 0.3 is 0 Å². The van der Waals surface area contributed by atoms with Crippen LogP contribution in [-0.4, -0.2) is 27.2 Å². The van der Waals surface area contributed by atoms with Crippen LogP contribution in [0.15, 0.2) is 48.5 Å². The topological polar surface area (TPSA) is 56.8 Å². The van der Waals surface area contributed by atoms with Crippen LogP contribution in [0.25, 0.3) is 6.08 Å². The number of carbonyl (C=O) groups excluding carboxylic acids is 1. The molecule has 0 radical (unpaired) electrons. The lowest BCUT2D eigenvalue weighted by atomic mass is 10.1. The quantitative estimate of drug-likeness (QED) is 0.841. The van der Waals surface area contributed by atoms with E-state index >= 15 is 0 Å². The summed E-state index contributed by atoms with van der Waals surface area (Å²) < 4.78 is 15.6. The molecule has 0 aromatic heterocycles. The lowest BCUT2D eigenvalue weighted by molar-refractivity contribution is -0.115. The van der Waals surface area contributed by atoms with Gasteiger partial charge < -0.3 is 19.5 Å². The summed E-state index contributed by atoms with van der Waals surface area (Å²) in [6, 6.07) is 12.7. The lowest BCUT2D eigenvalue weighted by Crippen LogP contribution is -2.09. The van der Waals surface area contributed by atoms with Gasteiger partial charge in [-0.1, -0.05) is 12.2 Å². The Balaban J connectivity index is 1.96. The van der Waals surface area contributed by atoms with E-state index in [-0.39, 0.29) is 12.3 Å². The zero-order valence-corrected chi connectivity index (χ0v) is 14.0. The Hall–Kier alpha value is -2.95. The SMILES string of the molecule is COc1ccc(NC(=O)C/C=C/c2cc(OC)ccc2OC)cc1. The highest BCUT2D eigenvalue weighted by molar-refractivity contribution is 5.92. The van der Waals surface area contributed by atoms with E-state index in [1.165, 1.54) is 0 Å². The summed E-state index contributed by atoms with van der Waals surface area (Å²) in [5, 5.41) is 2.83. The molecule has 0 atom stereocenters. The lowest BCUT2D eigenvalue weighted by Gasteiger charge is -2.07. The minimum absolute atomic E-state index is 0.0988. The number of rotatable bonds is 7. The molecule has 5 heteroatoms. The molecule has 2 rings (SSSR count). The molecule has 5 nitrogen and oxygen atoms in total. The first-order valence-electron chi connectivity index (χ1n) is 7.48. The summed E-state index contributed by atoms with van der Waals surface area (Å²) in [6.45, 7) is 0. The summed E-state index contributed by atoms with van der Waals surface area (Å²) >= 11 is 0. The molecule has 126 valence electrons. The molecule has 0 aliphatic heterocycles. The first kappa shape index (κ1) is 17.4. The Morgan fingerprint density at radius 2 is 1.62 bits per heavy atom. The van der Waals surface area contributed by atoms with Crippen molar-refractivity contribution in [3.63, 3.8) is 0 Å².